The number of anilines is 2. The van der Waals surface area contributed by atoms with Crippen LogP contribution in [0, 0.1) is 13.8 Å². The van der Waals surface area contributed by atoms with Gasteiger partial charge in [-0.05, 0) is 43.2 Å². The van der Waals surface area contributed by atoms with Crippen molar-refractivity contribution >= 4 is 46.4 Å². The molecule has 2 aliphatic heterocycles. The largest absolute Gasteiger partial charge is 0.378 e. The first kappa shape index (κ1) is 26.5. The van der Waals surface area contributed by atoms with E-state index >= 15 is 0 Å². The number of amides is 2. The van der Waals surface area contributed by atoms with Crippen molar-refractivity contribution in [2.75, 3.05) is 69.4 Å². The first-order valence-corrected chi connectivity index (χ1v) is 12.8. The van der Waals surface area contributed by atoms with Crippen LogP contribution >= 0.6 is 23.2 Å². The molecule has 1 unspecified atom stereocenters. The SMILES string of the molecule is CNC(=O)c1c(C)ccc(N2CCOC(CNC(=O)c3cc(N4CCOCC4)c(Cl)cc3C)C2)c1Cl. The molecule has 2 amide bonds. The molecular weight excluding hydrogens is 503 g/mol. The number of morpholine rings is 2. The average Bonchev–Trinajstić information content (AvgIpc) is 2.88. The summed E-state index contributed by atoms with van der Waals surface area (Å²) in [6.45, 7) is 8.49. The van der Waals surface area contributed by atoms with Crippen LogP contribution in [0.5, 0.6) is 0 Å². The van der Waals surface area contributed by atoms with E-state index in [0.717, 1.165) is 35.6 Å². The number of nitrogens with zero attached hydrogens (tertiary/aromatic N) is 2. The van der Waals surface area contributed by atoms with E-state index in [0.29, 0.717) is 60.6 Å². The Kier molecular flexibility index (Phi) is 8.62. The lowest BCUT2D eigenvalue weighted by molar-refractivity contribution is 0.0397. The van der Waals surface area contributed by atoms with Crippen LogP contribution in [0.1, 0.15) is 31.8 Å². The van der Waals surface area contributed by atoms with Crippen molar-refractivity contribution in [3.05, 3.63) is 56.6 Å². The molecule has 1 atom stereocenters. The third kappa shape index (κ3) is 5.72. The number of aryl methyl sites for hydroxylation is 2. The predicted octanol–water partition coefficient (Wildman–Crippen LogP) is 3.44. The normalized spacial score (nSPS) is 18.2. The van der Waals surface area contributed by atoms with E-state index in [1.165, 1.54) is 0 Å². The lowest BCUT2D eigenvalue weighted by atomic mass is 10.1. The Hall–Kier alpha value is -2.52. The maximum Gasteiger partial charge on any atom is 0.252 e. The molecule has 2 N–H and O–H groups in total. The third-order valence-corrected chi connectivity index (χ3v) is 7.33. The highest BCUT2D eigenvalue weighted by Gasteiger charge is 2.26. The molecule has 2 aromatic carbocycles. The lowest BCUT2D eigenvalue weighted by Crippen LogP contribution is -2.48. The molecule has 8 nitrogen and oxygen atoms in total. The first-order valence-electron chi connectivity index (χ1n) is 12.1. The molecule has 0 radical (unpaired) electrons. The Bertz CT molecular complexity index is 1140. The minimum absolute atomic E-state index is 0.172. The van der Waals surface area contributed by atoms with Gasteiger partial charge in [0.25, 0.3) is 11.8 Å². The molecule has 10 heteroatoms. The highest BCUT2D eigenvalue weighted by Crippen LogP contribution is 2.33. The van der Waals surface area contributed by atoms with Crippen LogP contribution in [-0.4, -0.2) is 77.5 Å². The van der Waals surface area contributed by atoms with E-state index < -0.39 is 0 Å². The fourth-order valence-corrected chi connectivity index (χ4v) is 5.38. The van der Waals surface area contributed by atoms with Gasteiger partial charge >= 0.3 is 0 Å². The van der Waals surface area contributed by atoms with Crippen molar-refractivity contribution in [1.82, 2.24) is 10.6 Å². The van der Waals surface area contributed by atoms with E-state index in [2.05, 4.69) is 20.4 Å². The van der Waals surface area contributed by atoms with Crippen LogP contribution in [0.4, 0.5) is 11.4 Å². The van der Waals surface area contributed by atoms with Crippen LogP contribution < -0.4 is 20.4 Å². The Morgan fingerprint density at radius 2 is 1.69 bits per heavy atom. The second kappa shape index (κ2) is 11.7. The molecule has 2 aliphatic rings. The Labute approximate surface area is 221 Å². The standard InChI is InChI=1S/C26H32Cl2N4O4/c1-16-4-5-21(24(28)23(16)26(34)29-3)32-8-11-36-18(15-32)14-30-25(33)19-13-22(20(27)12-17(19)2)31-6-9-35-10-7-31/h4-5,12-13,18H,6-11,14-15H2,1-3H3,(H,29,34)(H,30,33). The molecule has 2 saturated heterocycles. The molecule has 0 saturated carbocycles. The van der Waals surface area contributed by atoms with E-state index in [1.54, 1.807) is 7.05 Å². The summed E-state index contributed by atoms with van der Waals surface area (Å²) in [6, 6.07) is 7.52. The van der Waals surface area contributed by atoms with Crippen molar-refractivity contribution in [2.45, 2.75) is 20.0 Å². The molecule has 0 aromatic heterocycles. The predicted molar refractivity (Wildman–Crippen MR) is 143 cm³/mol. The van der Waals surface area contributed by atoms with Gasteiger partial charge in [-0.2, -0.15) is 0 Å². The van der Waals surface area contributed by atoms with Gasteiger partial charge in [0.2, 0.25) is 0 Å². The molecule has 2 fully saturated rings. The van der Waals surface area contributed by atoms with Crippen LogP contribution in [0.15, 0.2) is 24.3 Å². The number of hydrogen-bond donors (Lipinski definition) is 2. The van der Waals surface area contributed by atoms with Crippen LogP contribution in [0.2, 0.25) is 10.0 Å². The summed E-state index contributed by atoms with van der Waals surface area (Å²) in [5.74, 6) is -0.388. The number of rotatable bonds is 6. The zero-order valence-corrected chi connectivity index (χ0v) is 22.3. The highest BCUT2D eigenvalue weighted by atomic mass is 35.5. The maximum atomic E-state index is 13.1. The zero-order valence-electron chi connectivity index (χ0n) is 20.8. The molecule has 2 heterocycles. The van der Waals surface area contributed by atoms with Crippen LogP contribution in [0.3, 0.4) is 0 Å². The van der Waals surface area contributed by atoms with Crippen molar-refractivity contribution in [1.29, 1.82) is 0 Å². The van der Waals surface area contributed by atoms with Crippen LogP contribution in [0.25, 0.3) is 0 Å². The second-order valence-electron chi connectivity index (χ2n) is 9.04. The van der Waals surface area contributed by atoms with Gasteiger partial charge in [-0.15, -0.1) is 0 Å². The zero-order chi connectivity index (χ0) is 25.8. The van der Waals surface area contributed by atoms with Gasteiger partial charge in [0.15, 0.2) is 0 Å². The first-order chi connectivity index (χ1) is 17.3. The highest BCUT2D eigenvalue weighted by molar-refractivity contribution is 6.36. The van der Waals surface area contributed by atoms with Crippen molar-refractivity contribution in [3.63, 3.8) is 0 Å². The number of ether oxygens (including phenoxy) is 2. The topological polar surface area (TPSA) is 83.1 Å². The van der Waals surface area contributed by atoms with E-state index in [1.807, 2.05) is 38.1 Å². The summed E-state index contributed by atoms with van der Waals surface area (Å²) in [5, 5.41) is 6.72. The number of benzene rings is 2. The molecule has 194 valence electrons. The van der Waals surface area contributed by atoms with E-state index in [-0.39, 0.29) is 17.9 Å². The van der Waals surface area contributed by atoms with Crippen molar-refractivity contribution in [2.24, 2.45) is 0 Å². The minimum atomic E-state index is -0.227. The summed E-state index contributed by atoms with van der Waals surface area (Å²) in [7, 11) is 1.59. The summed E-state index contributed by atoms with van der Waals surface area (Å²) >= 11 is 13.1. The monoisotopic (exact) mass is 534 g/mol. The Balaban J connectivity index is 1.44. The fraction of sp³-hybridized carbons (Fsp3) is 0.462. The van der Waals surface area contributed by atoms with Crippen molar-refractivity contribution in [3.8, 4) is 0 Å². The molecule has 36 heavy (non-hydrogen) atoms. The quantitative estimate of drug-likeness (QED) is 0.590. The summed E-state index contributed by atoms with van der Waals surface area (Å²) in [5.41, 5.74) is 4.32. The number of carbonyl (C=O) groups excluding carboxylic acids is 2. The van der Waals surface area contributed by atoms with E-state index in [9.17, 15) is 9.59 Å². The van der Waals surface area contributed by atoms with Gasteiger partial charge in [0, 0.05) is 45.3 Å². The smallest absolute Gasteiger partial charge is 0.252 e. The van der Waals surface area contributed by atoms with Crippen LogP contribution in [-0.2, 0) is 9.47 Å². The van der Waals surface area contributed by atoms with Gasteiger partial charge in [0.1, 0.15) is 0 Å². The second-order valence-corrected chi connectivity index (χ2v) is 9.82. The molecular formula is C26H32Cl2N4O4. The number of nitrogens with one attached hydrogen (secondary N) is 2. The minimum Gasteiger partial charge on any atom is -0.378 e. The van der Waals surface area contributed by atoms with Gasteiger partial charge < -0.3 is 29.9 Å². The summed E-state index contributed by atoms with van der Waals surface area (Å²) in [4.78, 5) is 29.7. The molecule has 0 spiro atoms. The van der Waals surface area contributed by atoms with Gasteiger partial charge in [-0.25, -0.2) is 0 Å². The molecule has 4 rings (SSSR count). The lowest BCUT2D eigenvalue weighted by Gasteiger charge is -2.35. The Morgan fingerprint density at radius 3 is 2.42 bits per heavy atom. The molecule has 2 aromatic rings. The fourth-order valence-electron chi connectivity index (χ4n) is 4.63. The Morgan fingerprint density at radius 1 is 0.972 bits per heavy atom. The van der Waals surface area contributed by atoms with Gasteiger partial charge in [0.05, 0.1) is 52.9 Å². The van der Waals surface area contributed by atoms with Crippen molar-refractivity contribution < 1.29 is 19.1 Å². The van der Waals surface area contributed by atoms with E-state index in [4.69, 9.17) is 32.7 Å². The summed E-state index contributed by atoms with van der Waals surface area (Å²) in [6.07, 6.45) is -0.227. The number of hydrogen-bond acceptors (Lipinski definition) is 6. The molecule has 0 aliphatic carbocycles. The average molecular weight is 535 g/mol. The third-order valence-electron chi connectivity index (χ3n) is 6.64. The number of halogens is 2. The maximum absolute atomic E-state index is 13.1. The number of carbonyl (C=O) groups is 2. The molecule has 0 bridgehead atoms. The summed E-state index contributed by atoms with van der Waals surface area (Å²) < 4.78 is 11.4. The van der Waals surface area contributed by atoms with Gasteiger partial charge in [-0.3, -0.25) is 9.59 Å². The van der Waals surface area contributed by atoms with Gasteiger partial charge in [-0.1, -0.05) is 29.3 Å².